The van der Waals surface area contributed by atoms with Crippen LogP contribution in [0.5, 0.6) is 0 Å². The molecule has 0 amide bonds. The van der Waals surface area contributed by atoms with Gasteiger partial charge >= 0.3 is 0 Å². The van der Waals surface area contributed by atoms with Crippen LogP contribution in [-0.2, 0) is 0 Å². The molecule has 0 unspecified atom stereocenters. The molecule has 2 N–H and O–H groups in total. The second kappa shape index (κ2) is 7.06. The van der Waals surface area contributed by atoms with Crippen LogP contribution in [0.25, 0.3) is 16.9 Å². The minimum Gasteiger partial charge on any atom is -0.382 e. The Labute approximate surface area is 165 Å². The van der Waals surface area contributed by atoms with Gasteiger partial charge in [-0.05, 0) is 13.0 Å². The number of imidazole rings is 1. The number of hydrogen-bond acceptors (Lipinski definition) is 7. The zero-order valence-corrected chi connectivity index (χ0v) is 15.5. The number of aromatic nitrogens is 5. The first kappa shape index (κ1) is 17.6. The molecule has 0 aliphatic heterocycles. The van der Waals surface area contributed by atoms with Crippen molar-refractivity contribution >= 4 is 34.6 Å². The summed E-state index contributed by atoms with van der Waals surface area (Å²) in [5, 5.41) is 14.4. The minimum atomic E-state index is 0.0842. The van der Waals surface area contributed by atoms with Gasteiger partial charge in [0.05, 0.1) is 6.20 Å². The zero-order chi connectivity index (χ0) is 19.7. The van der Waals surface area contributed by atoms with Gasteiger partial charge in [0.15, 0.2) is 16.6 Å². The van der Waals surface area contributed by atoms with Gasteiger partial charge in [0, 0.05) is 16.8 Å². The number of halogens is 1. The van der Waals surface area contributed by atoms with Gasteiger partial charge in [0.25, 0.3) is 0 Å². The van der Waals surface area contributed by atoms with E-state index in [4.69, 9.17) is 17.3 Å². The summed E-state index contributed by atoms with van der Waals surface area (Å²) in [4.78, 5) is 16.7. The van der Waals surface area contributed by atoms with Crippen LogP contribution in [0.2, 0.25) is 5.15 Å². The van der Waals surface area contributed by atoms with Crippen molar-refractivity contribution < 1.29 is 0 Å². The first-order valence-electron chi connectivity index (χ1n) is 8.24. The van der Waals surface area contributed by atoms with E-state index in [0.717, 1.165) is 11.1 Å². The summed E-state index contributed by atoms with van der Waals surface area (Å²) < 4.78 is 1.56. The molecule has 0 atom stereocenters. The van der Waals surface area contributed by atoms with Crippen LogP contribution in [0.15, 0.2) is 53.9 Å². The monoisotopic (exact) mass is 388 g/mol. The molecule has 1 aromatic carbocycles. The predicted molar refractivity (Wildman–Crippen MR) is 106 cm³/mol. The molecule has 136 valence electrons. The van der Waals surface area contributed by atoms with E-state index >= 15 is 0 Å². The van der Waals surface area contributed by atoms with E-state index in [1.807, 2.05) is 49.4 Å². The van der Waals surface area contributed by atoms with Gasteiger partial charge < -0.3 is 5.73 Å². The van der Waals surface area contributed by atoms with Crippen molar-refractivity contribution in [1.82, 2.24) is 24.6 Å². The molecule has 0 radical (unpaired) electrons. The van der Waals surface area contributed by atoms with E-state index in [1.54, 1.807) is 4.52 Å². The number of nitrogens with zero attached hydrogens (tertiary/aromatic N) is 7. The van der Waals surface area contributed by atoms with Crippen LogP contribution in [0, 0.1) is 11.3 Å². The molecule has 3 aromatic heterocycles. The molecule has 3 heterocycles. The zero-order valence-electron chi connectivity index (χ0n) is 14.7. The van der Waals surface area contributed by atoms with Gasteiger partial charge in [0.1, 0.15) is 29.5 Å². The molecule has 0 aliphatic carbocycles. The van der Waals surface area contributed by atoms with Gasteiger partial charge in [-0.25, -0.2) is 24.5 Å². The number of nitrogen functional groups attached to an aromatic ring is 1. The molecule has 0 saturated carbocycles. The summed E-state index contributed by atoms with van der Waals surface area (Å²) >= 11 is 6.19. The van der Waals surface area contributed by atoms with Crippen molar-refractivity contribution in [3.05, 3.63) is 65.2 Å². The second-order valence-corrected chi connectivity index (χ2v) is 6.28. The lowest BCUT2D eigenvalue weighted by Crippen LogP contribution is -2.06. The van der Waals surface area contributed by atoms with Crippen LogP contribution < -0.4 is 5.73 Å². The maximum absolute atomic E-state index is 9.34. The molecule has 0 fully saturated rings. The van der Waals surface area contributed by atoms with Gasteiger partial charge in [-0.1, -0.05) is 41.9 Å². The average molecular weight is 389 g/mol. The summed E-state index contributed by atoms with van der Waals surface area (Å²) in [6.45, 7) is 1.81. The molecule has 28 heavy (non-hydrogen) atoms. The number of benzene rings is 1. The molecule has 0 saturated heterocycles. The van der Waals surface area contributed by atoms with E-state index < -0.39 is 0 Å². The first-order chi connectivity index (χ1) is 13.6. The molecule has 4 aromatic rings. The Bertz CT molecular complexity index is 1250. The largest absolute Gasteiger partial charge is 0.382 e. The molecule has 0 aliphatic rings. The third-order valence-electron chi connectivity index (χ3n) is 4.13. The molecule has 9 heteroatoms. The summed E-state index contributed by atoms with van der Waals surface area (Å²) in [5.74, 6) is 0.286. The second-order valence-electron chi connectivity index (χ2n) is 5.89. The maximum atomic E-state index is 9.34. The molecular weight excluding hydrogens is 376 g/mol. The van der Waals surface area contributed by atoms with Gasteiger partial charge in [-0.2, -0.15) is 10.4 Å². The van der Waals surface area contributed by atoms with Gasteiger partial charge in [-0.3, -0.25) is 0 Å². The Balaban J connectivity index is 1.95. The number of hydrogen-bond donors (Lipinski definition) is 1. The van der Waals surface area contributed by atoms with E-state index in [-0.39, 0.29) is 17.2 Å². The molecule has 4 rings (SSSR count). The minimum absolute atomic E-state index is 0.0842. The first-order valence-corrected chi connectivity index (χ1v) is 8.62. The Morgan fingerprint density at radius 1 is 1.21 bits per heavy atom. The Morgan fingerprint density at radius 2 is 2.00 bits per heavy atom. The highest BCUT2D eigenvalue weighted by atomic mass is 35.5. The molecule has 0 bridgehead atoms. The summed E-state index contributed by atoms with van der Waals surface area (Å²) in [7, 11) is 0. The number of nitriles is 1. The third-order valence-corrected chi connectivity index (χ3v) is 4.39. The SMILES string of the molecule is C/C(=N\c1ncnc(N)c1C#N)c1cc2ncc(Cl)n2nc1-c1ccccc1. The highest BCUT2D eigenvalue weighted by Crippen LogP contribution is 2.26. The summed E-state index contributed by atoms with van der Waals surface area (Å²) in [6.07, 6.45) is 2.81. The van der Waals surface area contributed by atoms with E-state index in [2.05, 4.69) is 25.0 Å². The van der Waals surface area contributed by atoms with E-state index in [1.165, 1.54) is 12.5 Å². The number of anilines is 1. The summed E-state index contributed by atoms with van der Waals surface area (Å²) in [6, 6.07) is 13.5. The summed E-state index contributed by atoms with van der Waals surface area (Å²) in [5.41, 5.74) is 9.37. The highest BCUT2D eigenvalue weighted by molar-refractivity contribution is 6.29. The Morgan fingerprint density at radius 3 is 2.75 bits per heavy atom. The number of rotatable bonds is 3. The molecule has 8 nitrogen and oxygen atoms in total. The van der Waals surface area contributed by atoms with Crippen LogP contribution in [0.3, 0.4) is 0 Å². The molecular formula is C19H13ClN8. The van der Waals surface area contributed by atoms with Crippen molar-refractivity contribution in [2.75, 3.05) is 5.73 Å². The van der Waals surface area contributed by atoms with Gasteiger partial charge in [-0.15, -0.1) is 0 Å². The van der Waals surface area contributed by atoms with Crippen molar-refractivity contribution in [2.24, 2.45) is 4.99 Å². The van der Waals surface area contributed by atoms with Crippen molar-refractivity contribution in [1.29, 1.82) is 5.26 Å². The van der Waals surface area contributed by atoms with Crippen LogP contribution in [-0.4, -0.2) is 30.3 Å². The Hall–Kier alpha value is -3.83. The van der Waals surface area contributed by atoms with E-state index in [9.17, 15) is 5.26 Å². The van der Waals surface area contributed by atoms with Crippen LogP contribution >= 0.6 is 11.6 Å². The normalized spacial score (nSPS) is 11.5. The van der Waals surface area contributed by atoms with Crippen LogP contribution in [0.4, 0.5) is 11.6 Å². The smallest absolute Gasteiger partial charge is 0.175 e. The third kappa shape index (κ3) is 3.04. The maximum Gasteiger partial charge on any atom is 0.175 e. The highest BCUT2D eigenvalue weighted by Gasteiger charge is 2.16. The topological polar surface area (TPSA) is 118 Å². The fourth-order valence-electron chi connectivity index (χ4n) is 2.77. The molecule has 0 spiro atoms. The van der Waals surface area contributed by atoms with Crippen molar-refractivity contribution in [2.45, 2.75) is 6.92 Å². The standard InChI is InChI=1S/C19H13ClN8/c1-11(26-19-14(8-21)18(22)24-10-25-19)13-7-16-23-9-15(20)28(16)27-17(13)12-5-3-2-4-6-12/h2-7,9-10H,1H3,(H2,22,24,25)/b26-11+. The number of aliphatic imine (C=N–C) groups is 1. The quantitative estimate of drug-likeness (QED) is 0.537. The fraction of sp³-hybridized carbons (Fsp3) is 0.0526. The number of fused-ring (bicyclic) bond motifs is 1. The van der Waals surface area contributed by atoms with Gasteiger partial charge in [0.2, 0.25) is 0 Å². The fourth-order valence-corrected chi connectivity index (χ4v) is 2.95. The van der Waals surface area contributed by atoms with E-state index in [0.29, 0.717) is 22.2 Å². The number of nitrogens with two attached hydrogens (primary N) is 1. The van der Waals surface area contributed by atoms with Crippen LogP contribution in [0.1, 0.15) is 18.1 Å². The lowest BCUT2D eigenvalue weighted by atomic mass is 10.0. The average Bonchev–Trinajstić information content (AvgIpc) is 3.08. The van der Waals surface area contributed by atoms with Crippen molar-refractivity contribution in [3.63, 3.8) is 0 Å². The van der Waals surface area contributed by atoms with Crippen molar-refractivity contribution in [3.8, 4) is 17.3 Å². The predicted octanol–water partition coefficient (Wildman–Crippen LogP) is 3.43. The Kier molecular flexibility index (Phi) is 4.43. The lowest BCUT2D eigenvalue weighted by molar-refractivity contribution is 0.940. The lowest BCUT2D eigenvalue weighted by Gasteiger charge is -2.10.